The van der Waals surface area contributed by atoms with Gasteiger partial charge in [0.25, 0.3) is 0 Å². The Labute approximate surface area is 447 Å². The van der Waals surface area contributed by atoms with Gasteiger partial charge < -0.3 is 29.6 Å². The van der Waals surface area contributed by atoms with Crippen LogP contribution in [0.3, 0.4) is 0 Å². The predicted octanol–water partition coefficient (Wildman–Crippen LogP) is 20.5. The fourth-order valence-corrected chi connectivity index (χ4v) is 9.61. The van der Waals surface area contributed by atoms with E-state index in [-0.39, 0.29) is 0 Å². The molecule has 1 aromatic heterocycles. The lowest BCUT2D eigenvalue weighted by molar-refractivity contribution is 0.258. The third-order valence-corrected chi connectivity index (χ3v) is 14.2. The van der Waals surface area contributed by atoms with Crippen LogP contribution in [-0.4, -0.2) is 36.4 Å². The van der Waals surface area contributed by atoms with Gasteiger partial charge >= 0.3 is 5.69 Å². The predicted molar refractivity (Wildman–Crippen MR) is 314 cm³/mol. The Bertz CT molecular complexity index is 1660. The maximum atomic E-state index is 13.0. The van der Waals surface area contributed by atoms with Crippen LogP contribution in [0, 0.1) is 0 Å². The van der Waals surface area contributed by atoms with Gasteiger partial charge in [0, 0.05) is 29.6 Å². The lowest BCUT2D eigenvalue weighted by Crippen LogP contribution is -2.14. The summed E-state index contributed by atoms with van der Waals surface area (Å²) in [7, 11) is 0. The minimum atomic E-state index is -0.449. The number of rotatable bonds is 52. The summed E-state index contributed by atoms with van der Waals surface area (Å²) in [6.07, 6.45) is 51.4. The van der Waals surface area contributed by atoms with E-state index >= 15 is 0 Å². The Hall–Kier alpha value is -3.88. The molecule has 0 fully saturated rings. The van der Waals surface area contributed by atoms with Gasteiger partial charge in [-0.1, -0.05) is 259 Å². The van der Waals surface area contributed by atoms with Crippen LogP contribution in [0.2, 0.25) is 0 Å². The van der Waals surface area contributed by atoms with E-state index in [0.29, 0.717) is 38.1 Å². The highest BCUT2D eigenvalue weighted by molar-refractivity contribution is 5.66. The molecule has 0 saturated heterocycles. The molecule has 3 rings (SSSR count). The first kappa shape index (κ1) is 63.4. The minimum absolute atomic E-state index is 0.430. The highest BCUT2D eigenvalue weighted by atomic mass is 16.5. The van der Waals surface area contributed by atoms with Crippen LogP contribution >= 0.6 is 0 Å². The Kier molecular flexibility index (Phi) is 39.5. The van der Waals surface area contributed by atoms with Gasteiger partial charge in [0.05, 0.1) is 26.4 Å². The van der Waals surface area contributed by atoms with Crippen molar-refractivity contribution in [2.45, 2.75) is 285 Å². The normalized spacial score (nSPS) is 11.3. The first-order valence-corrected chi connectivity index (χ1v) is 31.0. The number of nitrogens with one attached hydrogen (secondary N) is 3. The molecule has 0 unspecified atom stereocenters. The van der Waals surface area contributed by atoms with Crippen molar-refractivity contribution in [3.8, 4) is 23.0 Å². The van der Waals surface area contributed by atoms with E-state index < -0.39 is 5.69 Å². The Balaban J connectivity index is 1.61. The average Bonchev–Trinajstić information content (AvgIpc) is 3.39. The van der Waals surface area contributed by atoms with Crippen molar-refractivity contribution < 1.29 is 18.9 Å². The van der Waals surface area contributed by atoms with Gasteiger partial charge in [-0.05, 0) is 49.9 Å². The van der Waals surface area contributed by atoms with E-state index in [1.54, 1.807) is 0 Å². The molecule has 2 aromatic carbocycles. The number of hydrogen-bond acceptors (Lipinski definition) is 8. The molecule has 0 aliphatic carbocycles. The van der Waals surface area contributed by atoms with Gasteiger partial charge in [0.2, 0.25) is 0 Å². The maximum Gasteiger partial charge on any atom is 0.348 e. The van der Waals surface area contributed by atoms with Crippen molar-refractivity contribution in [3.05, 3.63) is 52.9 Å². The lowest BCUT2D eigenvalue weighted by Gasteiger charge is -2.16. The number of hydrogen-bond donors (Lipinski definition) is 3. The van der Waals surface area contributed by atoms with Crippen molar-refractivity contribution in [2.75, 3.05) is 37.1 Å². The van der Waals surface area contributed by atoms with Gasteiger partial charge in [-0.3, -0.25) is 4.98 Å². The van der Waals surface area contributed by atoms with Crippen molar-refractivity contribution in [3.63, 3.8) is 0 Å². The maximum absolute atomic E-state index is 13.0. The molecule has 0 amide bonds. The van der Waals surface area contributed by atoms with Crippen LogP contribution in [0.1, 0.15) is 285 Å². The number of aromatic amines is 1. The Morgan fingerprint density at radius 3 is 0.932 bits per heavy atom. The molecule has 9 heteroatoms. The minimum Gasteiger partial charge on any atom is -0.490 e. The summed E-state index contributed by atoms with van der Waals surface area (Å²) in [5.41, 5.74) is 1.12. The van der Waals surface area contributed by atoms with E-state index in [0.717, 1.165) is 72.9 Å². The number of ether oxygens (including phenoxy) is 4. The molecule has 0 atom stereocenters. The van der Waals surface area contributed by atoms with Crippen molar-refractivity contribution >= 4 is 23.0 Å². The fourth-order valence-electron chi connectivity index (χ4n) is 9.61. The smallest absolute Gasteiger partial charge is 0.348 e. The van der Waals surface area contributed by atoms with Gasteiger partial charge in [-0.2, -0.15) is 4.98 Å². The molecule has 9 nitrogen and oxygen atoms in total. The van der Waals surface area contributed by atoms with E-state index in [1.807, 2.05) is 42.5 Å². The molecule has 0 aliphatic rings. The van der Waals surface area contributed by atoms with E-state index in [1.165, 1.54) is 218 Å². The van der Waals surface area contributed by atoms with Gasteiger partial charge in [-0.15, -0.1) is 0 Å². The summed E-state index contributed by atoms with van der Waals surface area (Å²) in [6.45, 7) is 11.7. The highest BCUT2D eigenvalue weighted by Crippen LogP contribution is 2.34. The summed E-state index contributed by atoms with van der Waals surface area (Å²) >= 11 is 0. The molecule has 3 N–H and O–H groups in total. The molecule has 73 heavy (non-hydrogen) atoms. The number of nitrogens with zero attached hydrogens (tertiary/aromatic N) is 1. The monoisotopic (exact) mass is 1010 g/mol. The van der Waals surface area contributed by atoms with Gasteiger partial charge in [0.1, 0.15) is 11.6 Å². The number of unbranched alkanes of at least 4 members (excludes halogenated alkanes) is 36. The van der Waals surface area contributed by atoms with Crippen molar-refractivity contribution in [1.82, 2.24) is 9.97 Å². The zero-order valence-corrected chi connectivity index (χ0v) is 47.6. The van der Waals surface area contributed by atoms with Crippen LogP contribution in [0.25, 0.3) is 0 Å². The van der Waals surface area contributed by atoms with Crippen molar-refractivity contribution in [1.29, 1.82) is 0 Å². The lowest BCUT2D eigenvalue weighted by atomic mass is 10.1. The quantitative estimate of drug-likeness (QED) is 0.0480. The number of aromatic nitrogens is 2. The molecular formula is C64H110N4O5. The average molecular weight is 1020 g/mol. The first-order chi connectivity index (χ1) is 36.1. The molecule has 0 radical (unpaired) electrons. The van der Waals surface area contributed by atoms with Crippen LogP contribution in [0.5, 0.6) is 23.0 Å². The molecular weight excluding hydrogens is 905 g/mol. The molecule has 0 spiro atoms. The second-order valence-corrected chi connectivity index (χ2v) is 21.2. The summed E-state index contributed by atoms with van der Waals surface area (Å²) < 4.78 is 25.6. The van der Waals surface area contributed by atoms with E-state index in [9.17, 15) is 4.79 Å². The van der Waals surface area contributed by atoms with Crippen LogP contribution in [0.4, 0.5) is 23.0 Å². The standard InChI is InChI=1S/C64H110N4O5/c1-5-9-13-17-21-25-29-33-37-41-49-70-58-47-45-56(53-60(58)72-51-43-39-35-31-27-23-19-15-11-7-3)65-62-55-63(68-64(69)67-62)66-57-46-48-59(71-50-42-38-34-30-26-22-18-14-10-6-2)61(54-57)73-52-44-40-36-32-28-24-20-16-12-8-4/h45-48,53-55H,5-44,49-52H2,1-4H3,(H3,65,66,67,68,69). The summed E-state index contributed by atoms with van der Waals surface area (Å²) in [6, 6.07) is 13.7. The zero-order chi connectivity index (χ0) is 51.9. The van der Waals surface area contributed by atoms with Crippen LogP contribution < -0.4 is 35.3 Å². The summed E-state index contributed by atoms with van der Waals surface area (Å²) in [5, 5.41) is 6.80. The summed E-state index contributed by atoms with van der Waals surface area (Å²) in [4.78, 5) is 20.2. The SMILES string of the molecule is CCCCCCCCCCCCOc1ccc(Nc2cc(Nc3ccc(OCCCCCCCCCCCC)c(OCCCCCCCCCCCC)c3)[nH]c(=O)n2)cc1OCCCCCCCCCCCC. The first-order valence-electron chi connectivity index (χ1n) is 31.0. The van der Waals surface area contributed by atoms with Crippen LogP contribution in [-0.2, 0) is 0 Å². The molecule has 0 aliphatic heterocycles. The fraction of sp³-hybridized carbons (Fsp3) is 0.750. The van der Waals surface area contributed by atoms with Crippen LogP contribution in [0.15, 0.2) is 47.3 Å². The molecule has 0 bridgehead atoms. The van der Waals surface area contributed by atoms with Crippen molar-refractivity contribution in [2.24, 2.45) is 0 Å². The molecule has 1 heterocycles. The third kappa shape index (κ3) is 33.6. The zero-order valence-electron chi connectivity index (χ0n) is 47.6. The Morgan fingerprint density at radius 2 is 0.616 bits per heavy atom. The third-order valence-electron chi connectivity index (χ3n) is 14.2. The molecule has 0 saturated carbocycles. The number of H-pyrrole nitrogens is 1. The largest absolute Gasteiger partial charge is 0.490 e. The van der Waals surface area contributed by atoms with Gasteiger partial charge in [0.15, 0.2) is 23.0 Å². The number of benzene rings is 2. The van der Waals surface area contributed by atoms with E-state index in [4.69, 9.17) is 18.9 Å². The van der Waals surface area contributed by atoms with E-state index in [2.05, 4.69) is 48.3 Å². The molecule has 416 valence electrons. The summed E-state index contributed by atoms with van der Waals surface area (Å²) in [5.74, 6) is 3.93. The molecule has 3 aromatic rings. The topological polar surface area (TPSA) is 107 Å². The Morgan fingerprint density at radius 1 is 0.342 bits per heavy atom. The highest BCUT2D eigenvalue weighted by Gasteiger charge is 2.12. The van der Waals surface area contributed by atoms with Gasteiger partial charge in [-0.25, -0.2) is 4.79 Å². The number of anilines is 4. The second-order valence-electron chi connectivity index (χ2n) is 21.2. The second kappa shape index (κ2) is 45.5.